The van der Waals surface area contributed by atoms with Gasteiger partial charge in [0.2, 0.25) is 0 Å². The molecule has 0 amide bonds. The van der Waals surface area contributed by atoms with Gasteiger partial charge in [0.25, 0.3) is 0 Å². The summed E-state index contributed by atoms with van der Waals surface area (Å²) < 4.78 is 3.73. The molecule has 198 valence electrons. The third-order valence-electron chi connectivity index (χ3n) is 8.25. The molecule has 38 heavy (non-hydrogen) atoms. The van der Waals surface area contributed by atoms with Crippen LogP contribution in [-0.2, 0) is 13.6 Å². The summed E-state index contributed by atoms with van der Waals surface area (Å²) in [4.78, 5) is 22.6. The number of rotatable bonds is 6. The van der Waals surface area contributed by atoms with Gasteiger partial charge in [-0.2, -0.15) is 10.2 Å². The first-order chi connectivity index (χ1) is 18.3. The van der Waals surface area contributed by atoms with E-state index in [-0.39, 0.29) is 0 Å². The number of anilines is 1. The van der Waals surface area contributed by atoms with Gasteiger partial charge in [-0.05, 0) is 62.9 Å². The maximum atomic E-state index is 5.24. The summed E-state index contributed by atoms with van der Waals surface area (Å²) in [6, 6.07) is 4.87. The second-order valence-corrected chi connectivity index (χ2v) is 10.9. The van der Waals surface area contributed by atoms with E-state index in [4.69, 9.17) is 4.98 Å². The van der Waals surface area contributed by atoms with Crippen LogP contribution in [0.15, 0.2) is 31.0 Å². The Morgan fingerprint density at radius 2 is 1.82 bits per heavy atom. The Balaban J connectivity index is 1.28. The van der Waals surface area contributed by atoms with Gasteiger partial charge in [-0.1, -0.05) is 13.8 Å². The molecule has 0 spiro atoms. The molecule has 0 unspecified atom stereocenters. The van der Waals surface area contributed by atoms with Crippen molar-refractivity contribution in [3.05, 3.63) is 53.5 Å². The Morgan fingerprint density at radius 1 is 1.05 bits per heavy atom. The zero-order chi connectivity index (χ0) is 26.6. The minimum atomic E-state index is 0.313. The van der Waals surface area contributed by atoms with Crippen molar-refractivity contribution in [3.63, 3.8) is 0 Å². The fourth-order valence-electron chi connectivity index (χ4n) is 5.83. The van der Waals surface area contributed by atoms with Crippen LogP contribution in [-0.4, -0.2) is 70.4 Å². The van der Waals surface area contributed by atoms with E-state index in [1.165, 1.54) is 11.1 Å². The van der Waals surface area contributed by atoms with Gasteiger partial charge in [0.1, 0.15) is 24.3 Å². The van der Waals surface area contributed by atoms with Gasteiger partial charge >= 0.3 is 0 Å². The molecule has 0 aliphatic carbocycles. The van der Waals surface area contributed by atoms with E-state index in [1.54, 1.807) is 12.7 Å². The third kappa shape index (κ3) is 4.13. The molecule has 10 nitrogen and oxygen atoms in total. The molecule has 5 aromatic heterocycles. The van der Waals surface area contributed by atoms with Crippen molar-refractivity contribution in [1.82, 2.24) is 44.2 Å². The predicted molar refractivity (Wildman–Crippen MR) is 149 cm³/mol. The highest BCUT2D eigenvalue weighted by molar-refractivity contribution is 5.90. The molecule has 0 saturated carbocycles. The monoisotopic (exact) mass is 512 g/mol. The maximum Gasteiger partial charge on any atom is 0.158 e. The molecule has 1 N–H and O–H groups in total. The highest BCUT2D eigenvalue weighted by atomic mass is 15.3. The number of aryl methyl sites for hydroxylation is 2. The summed E-state index contributed by atoms with van der Waals surface area (Å²) in [6.07, 6.45) is 7.52. The van der Waals surface area contributed by atoms with E-state index < -0.39 is 0 Å². The van der Waals surface area contributed by atoms with Crippen LogP contribution in [0.5, 0.6) is 0 Å². The number of hydrogen-bond acceptors (Lipinski definition) is 7. The third-order valence-corrected chi connectivity index (χ3v) is 8.25. The van der Waals surface area contributed by atoms with Crippen molar-refractivity contribution in [2.24, 2.45) is 7.05 Å². The van der Waals surface area contributed by atoms with E-state index in [2.05, 4.69) is 88.0 Å². The fraction of sp³-hybridized carbons (Fsp3) is 0.464. The number of pyridine rings is 2. The molecule has 0 atom stereocenters. The number of aromatic amines is 1. The summed E-state index contributed by atoms with van der Waals surface area (Å²) in [7, 11) is 4.14. The molecule has 6 heterocycles. The Morgan fingerprint density at radius 3 is 2.53 bits per heavy atom. The van der Waals surface area contributed by atoms with Gasteiger partial charge < -0.3 is 9.88 Å². The first kappa shape index (κ1) is 24.5. The molecular weight excluding hydrogens is 476 g/mol. The zero-order valence-electron chi connectivity index (χ0n) is 23.1. The van der Waals surface area contributed by atoms with Crippen molar-refractivity contribution in [1.29, 1.82) is 0 Å². The lowest BCUT2D eigenvalue weighted by molar-refractivity contribution is 0.193. The summed E-state index contributed by atoms with van der Waals surface area (Å²) in [6.45, 7) is 11.6. The van der Waals surface area contributed by atoms with Crippen molar-refractivity contribution in [2.45, 2.75) is 59.0 Å². The molecule has 5 aromatic rings. The Bertz CT molecular complexity index is 1600. The Labute approximate surface area is 222 Å². The van der Waals surface area contributed by atoms with Crippen LogP contribution in [0.1, 0.15) is 55.1 Å². The quantitative estimate of drug-likeness (QED) is 0.363. The maximum absolute atomic E-state index is 5.24. The number of piperidine rings is 1. The smallest absolute Gasteiger partial charge is 0.158 e. The molecule has 1 aliphatic rings. The van der Waals surface area contributed by atoms with Crippen LogP contribution in [0.2, 0.25) is 0 Å². The second kappa shape index (κ2) is 9.50. The first-order valence-electron chi connectivity index (χ1n) is 13.4. The van der Waals surface area contributed by atoms with E-state index in [9.17, 15) is 0 Å². The molecule has 10 heteroatoms. The molecule has 1 aliphatic heterocycles. The van der Waals surface area contributed by atoms with Crippen LogP contribution in [0, 0.1) is 13.8 Å². The highest BCUT2D eigenvalue weighted by Crippen LogP contribution is 2.38. The average Bonchev–Trinajstić information content (AvgIpc) is 3.64. The summed E-state index contributed by atoms with van der Waals surface area (Å²) in [5.41, 5.74) is 8.92. The average molecular weight is 513 g/mol. The van der Waals surface area contributed by atoms with Crippen molar-refractivity contribution in [3.8, 4) is 11.3 Å². The van der Waals surface area contributed by atoms with Gasteiger partial charge in [-0.3, -0.25) is 9.58 Å². The minimum Gasteiger partial charge on any atom is -0.356 e. The molecular formula is C28H36N10. The van der Waals surface area contributed by atoms with Crippen LogP contribution >= 0.6 is 0 Å². The van der Waals surface area contributed by atoms with Crippen LogP contribution in [0.3, 0.4) is 0 Å². The second-order valence-electron chi connectivity index (χ2n) is 10.9. The topological polar surface area (TPSA) is 96.1 Å². The van der Waals surface area contributed by atoms with E-state index in [1.807, 2.05) is 16.2 Å². The number of nitrogens with one attached hydrogen (secondary N) is 1. The fourth-order valence-corrected chi connectivity index (χ4v) is 5.83. The van der Waals surface area contributed by atoms with E-state index >= 15 is 0 Å². The largest absolute Gasteiger partial charge is 0.356 e. The van der Waals surface area contributed by atoms with Gasteiger partial charge in [0, 0.05) is 43.5 Å². The van der Waals surface area contributed by atoms with Gasteiger partial charge in [0.05, 0.1) is 23.3 Å². The molecule has 0 aromatic carbocycles. The first-order valence-corrected chi connectivity index (χ1v) is 13.4. The number of H-pyrrole nitrogens is 1. The molecule has 0 radical (unpaired) electrons. The van der Waals surface area contributed by atoms with Gasteiger partial charge in [-0.15, -0.1) is 0 Å². The zero-order valence-corrected chi connectivity index (χ0v) is 23.1. The Kier molecular flexibility index (Phi) is 6.14. The van der Waals surface area contributed by atoms with E-state index in [0.29, 0.717) is 12.0 Å². The van der Waals surface area contributed by atoms with Crippen LogP contribution in [0.4, 0.5) is 5.82 Å². The molecule has 0 bridgehead atoms. The lowest BCUT2D eigenvalue weighted by Gasteiger charge is -2.37. The predicted octanol–water partition coefficient (Wildman–Crippen LogP) is 4.24. The number of fused-ring (bicyclic) bond motifs is 2. The molecule has 1 fully saturated rings. The van der Waals surface area contributed by atoms with Crippen LogP contribution in [0.25, 0.3) is 27.9 Å². The highest BCUT2D eigenvalue weighted by Gasteiger charge is 2.26. The summed E-state index contributed by atoms with van der Waals surface area (Å²) in [5, 5.41) is 8.62. The standard InChI is InChI=1S/C28H36N10/c1-17(2)25-26(21-13-38-28(30-16-32-38)19(4)18(21)3)33-22-7-8-23(34-27(22)25)37-11-9-20(10-12-37)35(5)14-24-29-15-31-36(24)6/h7-8,13,15-17,20,33H,9-12,14H2,1-6H3. The van der Waals surface area contributed by atoms with Crippen molar-refractivity contribution < 1.29 is 0 Å². The molecule has 6 rings (SSSR count). The van der Waals surface area contributed by atoms with Gasteiger partial charge in [0.15, 0.2) is 5.65 Å². The summed E-state index contributed by atoms with van der Waals surface area (Å²) >= 11 is 0. The summed E-state index contributed by atoms with van der Waals surface area (Å²) in [5.74, 6) is 2.37. The number of aromatic nitrogens is 8. The Hall–Kier alpha value is -3.79. The minimum absolute atomic E-state index is 0.313. The van der Waals surface area contributed by atoms with Crippen molar-refractivity contribution >= 4 is 22.5 Å². The number of hydrogen-bond donors (Lipinski definition) is 1. The SMILES string of the molecule is Cc1c(-c2[nH]c3ccc(N4CCC(N(C)Cc5ncnn5C)CC4)nc3c2C(C)C)cn2ncnc2c1C. The van der Waals surface area contributed by atoms with Crippen LogP contribution < -0.4 is 4.90 Å². The lowest BCUT2D eigenvalue weighted by Crippen LogP contribution is -2.43. The number of nitrogens with zero attached hydrogens (tertiary/aromatic N) is 9. The van der Waals surface area contributed by atoms with Gasteiger partial charge in [-0.25, -0.2) is 19.5 Å². The molecule has 1 saturated heterocycles. The van der Waals surface area contributed by atoms with Crippen molar-refractivity contribution in [2.75, 3.05) is 25.0 Å². The van der Waals surface area contributed by atoms with E-state index in [0.717, 1.165) is 77.6 Å². The normalized spacial score (nSPS) is 15.1. The lowest BCUT2D eigenvalue weighted by atomic mass is 9.95.